The van der Waals surface area contributed by atoms with Crippen molar-refractivity contribution < 1.29 is 9.59 Å². The van der Waals surface area contributed by atoms with Crippen LogP contribution in [0, 0.1) is 5.92 Å². The molecule has 4 nitrogen and oxygen atoms in total. The molecular formula is C21H22N2O2. The molecule has 0 spiro atoms. The molecule has 2 aliphatic carbocycles. The quantitative estimate of drug-likeness (QED) is 0.872. The van der Waals surface area contributed by atoms with Gasteiger partial charge in [0.15, 0.2) is 0 Å². The minimum Gasteiger partial charge on any atom is -0.331 e. The van der Waals surface area contributed by atoms with Crippen LogP contribution in [-0.4, -0.2) is 22.8 Å². The van der Waals surface area contributed by atoms with E-state index in [2.05, 4.69) is 17.4 Å². The summed E-state index contributed by atoms with van der Waals surface area (Å²) in [5, 5.41) is 2.91. The smallest absolute Gasteiger partial charge is 0.254 e. The molecule has 2 aromatic carbocycles. The molecule has 0 aliphatic heterocycles. The molecular weight excluding hydrogens is 312 g/mol. The van der Waals surface area contributed by atoms with Crippen molar-refractivity contribution in [2.45, 2.75) is 38.3 Å². The zero-order valence-electron chi connectivity index (χ0n) is 14.2. The molecule has 0 atom stereocenters. The van der Waals surface area contributed by atoms with Crippen LogP contribution in [0.3, 0.4) is 0 Å². The number of amides is 2. The average molecular weight is 334 g/mol. The number of hydrogen-bond acceptors (Lipinski definition) is 2. The zero-order chi connectivity index (χ0) is 17.2. The topological polar surface area (TPSA) is 49.4 Å². The molecule has 0 radical (unpaired) electrons. The second-order valence-corrected chi connectivity index (χ2v) is 6.99. The fraction of sp³-hybridized carbons (Fsp3) is 0.333. The molecule has 4 rings (SSSR count). The number of benzene rings is 2. The number of carbonyl (C=O) groups excluding carboxylic acids is 2. The first-order chi connectivity index (χ1) is 12.2. The Labute approximate surface area is 147 Å². The minimum atomic E-state index is 0.0615. The summed E-state index contributed by atoms with van der Waals surface area (Å²) >= 11 is 0. The van der Waals surface area contributed by atoms with E-state index in [-0.39, 0.29) is 17.7 Å². The van der Waals surface area contributed by atoms with Gasteiger partial charge in [-0.15, -0.1) is 0 Å². The van der Waals surface area contributed by atoms with E-state index in [1.165, 1.54) is 0 Å². The second kappa shape index (κ2) is 6.71. The molecule has 0 unspecified atom stereocenters. The summed E-state index contributed by atoms with van der Waals surface area (Å²) in [6.07, 6.45) is 4.12. The first-order valence-electron chi connectivity index (χ1n) is 8.96. The molecule has 0 saturated heterocycles. The first kappa shape index (κ1) is 15.9. The maximum absolute atomic E-state index is 12.9. The number of rotatable bonds is 6. The van der Waals surface area contributed by atoms with E-state index < -0.39 is 0 Å². The van der Waals surface area contributed by atoms with Gasteiger partial charge in [-0.2, -0.15) is 0 Å². The van der Waals surface area contributed by atoms with Gasteiger partial charge < -0.3 is 10.2 Å². The van der Waals surface area contributed by atoms with E-state index >= 15 is 0 Å². The van der Waals surface area contributed by atoms with Crippen molar-refractivity contribution in [3.63, 3.8) is 0 Å². The van der Waals surface area contributed by atoms with Crippen molar-refractivity contribution in [1.29, 1.82) is 0 Å². The third-order valence-corrected chi connectivity index (χ3v) is 4.79. The lowest BCUT2D eigenvalue weighted by Crippen LogP contribution is -2.32. The summed E-state index contributed by atoms with van der Waals surface area (Å²) in [4.78, 5) is 26.7. The van der Waals surface area contributed by atoms with Gasteiger partial charge in [0.25, 0.3) is 5.91 Å². The third kappa shape index (κ3) is 3.90. The van der Waals surface area contributed by atoms with Gasteiger partial charge in [0, 0.05) is 29.8 Å². The van der Waals surface area contributed by atoms with E-state index in [1.807, 2.05) is 47.4 Å². The van der Waals surface area contributed by atoms with Crippen molar-refractivity contribution in [3.05, 3.63) is 65.7 Å². The SMILES string of the molecule is O=C(Nc1ccc(C(=O)N(Cc2ccccc2)C2CC2)cc1)C1CC1. The normalized spacial score (nSPS) is 16.3. The summed E-state index contributed by atoms with van der Waals surface area (Å²) in [7, 11) is 0. The fourth-order valence-electron chi connectivity index (χ4n) is 2.98. The van der Waals surface area contributed by atoms with E-state index in [9.17, 15) is 9.59 Å². The summed E-state index contributed by atoms with van der Waals surface area (Å²) in [6.45, 7) is 0.643. The molecule has 0 heterocycles. The number of hydrogen-bond donors (Lipinski definition) is 1. The largest absolute Gasteiger partial charge is 0.331 e. The van der Waals surface area contributed by atoms with Gasteiger partial charge in [-0.3, -0.25) is 9.59 Å². The Hall–Kier alpha value is -2.62. The number of anilines is 1. The predicted molar refractivity (Wildman–Crippen MR) is 97.1 cm³/mol. The van der Waals surface area contributed by atoms with Crippen LogP contribution in [-0.2, 0) is 11.3 Å². The van der Waals surface area contributed by atoms with Crippen LogP contribution in [0.4, 0.5) is 5.69 Å². The zero-order valence-corrected chi connectivity index (χ0v) is 14.2. The van der Waals surface area contributed by atoms with Gasteiger partial charge in [0.2, 0.25) is 5.91 Å². The summed E-state index contributed by atoms with van der Waals surface area (Å²) in [6, 6.07) is 17.7. The van der Waals surface area contributed by atoms with Gasteiger partial charge >= 0.3 is 0 Å². The minimum absolute atomic E-state index is 0.0615. The van der Waals surface area contributed by atoms with Crippen LogP contribution in [0.2, 0.25) is 0 Å². The molecule has 2 fully saturated rings. The van der Waals surface area contributed by atoms with E-state index in [0.29, 0.717) is 18.2 Å². The average Bonchev–Trinajstić information content (AvgIpc) is 3.53. The Morgan fingerprint density at radius 2 is 1.60 bits per heavy atom. The van der Waals surface area contributed by atoms with Gasteiger partial charge in [-0.05, 0) is 55.5 Å². The highest BCUT2D eigenvalue weighted by Crippen LogP contribution is 2.31. The molecule has 0 aromatic heterocycles. The third-order valence-electron chi connectivity index (χ3n) is 4.79. The lowest BCUT2D eigenvalue weighted by molar-refractivity contribution is -0.117. The summed E-state index contributed by atoms with van der Waals surface area (Å²) in [5.41, 5.74) is 2.58. The van der Waals surface area contributed by atoms with E-state index in [4.69, 9.17) is 0 Å². The van der Waals surface area contributed by atoms with Crippen molar-refractivity contribution in [3.8, 4) is 0 Å². The number of carbonyl (C=O) groups is 2. The standard InChI is InChI=1S/C21H22N2O2/c24-20(16-6-7-16)22-18-10-8-17(9-11-18)21(25)23(19-12-13-19)14-15-4-2-1-3-5-15/h1-5,8-11,16,19H,6-7,12-14H2,(H,22,24). The van der Waals surface area contributed by atoms with Crippen molar-refractivity contribution >= 4 is 17.5 Å². The molecule has 0 bridgehead atoms. The van der Waals surface area contributed by atoms with Gasteiger partial charge in [0.05, 0.1) is 0 Å². The maximum atomic E-state index is 12.9. The van der Waals surface area contributed by atoms with Crippen LogP contribution in [0.15, 0.2) is 54.6 Å². The van der Waals surface area contributed by atoms with Gasteiger partial charge in [-0.25, -0.2) is 0 Å². The highest BCUT2D eigenvalue weighted by atomic mass is 16.2. The van der Waals surface area contributed by atoms with E-state index in [1.54, 1.807) is 0 Å². The van der Waals surface area contributed by atoms with Crippen LogP contribution < -0.4 is 5.32 Å². The highest BCUT2D eigenvalue weighted by Gasteiger charge is 2.33. The Balaban J connectivity index is 1.45. The van der Waals surface area contributed by atoms with Gasteiger partial charge in [-0.1, -0.05) is 30.3 Å². The van der Waals surface area contributed by atoms with Crippen molar-refractivity contribution in [2.75, 3.05) is 5.32 Å². The molecule has 128 valence electrons. The molecule has 2 saturated carbocycles. The molecule has 4 heteroatoms. The molecule has 2 aliphatic rings. The molecule has 2 amide bonds. The van der Waals surface area contributed by atoms with Crippen LogP contribution >= 0.6 is 0 Å². The molecule has 25 heavy (non-hydrogen) atoms. The Bertz CT molecular complexity index is 762. The number of nitrogens with zero attached hydrogens (tertiary/aromatic N) is 1. The predicted octanol–water partition coefficient (Wildman–Crippen LogP) is 3.84. The van der Waals surface area contributed by atoms with Crippen LogP contribution in [0.5, 0.6) is 0 Å². The Morgan fingerprint density at radius 3 is 2.20 bits per heavy atom. The molecule has 2 aromatic rings. The molecule has 1 N–H and O–H groups in total. The lowest BCUT2D eigenvalue weighted by atomic mass is 10.1. The Morgan fingerprint density at radius 1 is 0.920 bits per heavy atom. The summed E-state index contributed by atoms with van der Waals surface area (Å²) < 4.78 is 0. The first-order valence-corrected chi connectivity index (χ1v) is 8.96. The van der Waals surface area contributed by atoms with Crippen LogP contribution in [0.25, 0.3) is 0 Å². The van der Waals surface area contributed by atoms with E-state index in [0.717, 1.165) is 36.9 Å². The Kier molecular flexibility index (Phi) is 4.26. The van der Waals surface area contributed by atoms with Crippen molar-refractivity contribution in [1.82, 2.24) is 4.90 Å². The highest BCUT2D eigenvalue weighted by molar-refractivity contribution is 5.97. The second-order valence-electron chi connectivity index (χ2n) is 6.99. The van der Waals surface area contributed by atoms with Crippen LogP contribution in [0.1, 0.15) is 41.6 Å². The monoisotopic (exact) mass is 334 g/mol. The fourth-order valence-corrected chi connectivity index (χ4v) is 2.98. The lowest BCUT2D eigenvalue weighted by Gasteiger charge is -2.23. The maximum Gasteiger partial charge on any atom is 0.254 e. The number of nitrogens with one attached hydrogen (secondary N) is 1. The van der Waals surface area contributed by atoms with Gasteiger partial charge in [0.1, 0.15) is 0 Å². The summed E-state index contributed by atoms with van der Waals surface area (Å²) in [5.74, 6) is 0.326. The van der Waals surface area contributed by atoms with Crippen molar-refractivity contribution in [2.24, 2.45) is 5.92 Å².